The van der Waals surface area contributed by atoms with Gasteiger partial charge in [-0.05, 0) is 69.3 Å². The van der Waals surface area contributed by atoms with Gasteiger partial charge in [0, 0.05) is 11.1 Å². The molecule has 1 nitrogen and oxygen atoms in total. The third-order valence-electron chi connectivity index (χ3n) is 2.47. The van der Waals surface area contributed by atoms with Crippen molar-refractivity contribution in [3.05, 3.63) is 65.5 Å². The molecule has 0 atom stereocenters. The van der Waals surface area contributed by atoms with Crippen molar-refractivity contribution in [2.45, 2.75) is 26.4 Å². The Morgan fingerprint density at radius 3 is 1.70 bits per heavy atom. The molecule has 0 saturated heterocycles. The fraction of sp³-hybridized carbons (Fsp3) is 0.222. The topological polar surface area (TPSA) is 9.23 Å². The quantitative estimate of drug-likeness (QED) is 0.696. The Morgan fingerprint density at radius 1 is 0.800 bits per heavy atom. The molecule has 0 radical (unpaired) electrons. The molecule has 2 aromatic carbocycles. The standard InChI is InChI=1S/C18H17FO/c1-18(2,3)20-17-12-8-15(9-13-17)5-4-14-6-10-16(19)11-7-14/h6-13H,1-3H3. The average Bonchev–Trinajstić information content (AvgIpc) is 2.38. The Bertz CT molecular complexity index is 622. The molecule has 2 rings (SSSR count). The summed E-state index contributed by atoms with van der Waals surface area (Å²) in [5, 5.41) is 0. The van der Waals surface area contributed by atoms with E-state index in [0.29, 0.717) is 0 Å². The monoisotopic (exact) mass is 268 g/mol. The Balaban J connectivity index is 2.10. The second kappa shape index (κ2) is 5.79. The van der Waals surface area contributed by atoms with E-state index in [1.807, 2.05) is 45.0 Å². The van der Waals surface area contributed by atoms with Gasteiger partial charge < -0.3 is 4.74 Å². The zero-order chi connectivity index (χ0) is 14.6. The first-order chi connectivity index (χ1) is 9.42. The van der Waals surface area contributed by atoms with E-state index in [9.17, 15) is 4.39 Å². The summed E-state index contributed by atoms with van der Waals surface area (Å²) in [4.78, 5) is 0. The molecular weight excluding hydrogens is 251 g/mol. The molecule has 0 spiro atoms. The molecule has 0 fully saturated rings. The maximum Gasteiger partial charge on any atom is 0.123 e. The third kappa shape index (κ3) is 4.44. The van der Waals surface area contributed by atoms with Crippen LogP contribution >= 0.6 is 0 Å². The van der Waals surface area contributed by atoms with E-state index in [1.54, 1.807) is 12.1 Å². The highest BCUT2D eigenvalue weighted by molar-refractivity contribution is 5.44. The van der Waals surface area contributed by atoms with E-state index in [1.165, 1.54) is 12.1 Å². The molecule has 0 unspecified atom stereocenters. The van der Waals surface area contributed by atoms with Crippen molar-refractivity contribution in [3.63, 3.8) is 0 Å². The number of hydrogen-bond donors (Lipinski definition) is 0. The van der Waals surface area contributed by atoms with Gasteiger partial charge in [-0.2, -0.15) is 0 Å². The highest BCUT2D eigenvalue weighted by Gasteiger charge is 2.10. The van der Waals surface area contributed by atoms with Gasteiger partial charge in [0.05, 0.1) is 0 Å². The van der Waals surface area contributed by atoms with E-state index in [2.05, 4.69) is 11.8 Å². The number of benzene rings is 2. The van der Waals surface area contributed by atoms with Gasteiger partial charge in [-0.25, -0.2) is 4.39 Å². The van der Waals surface area contributed by atoms with Crippen molar-refractivity contribution in [3.8, 4) is 17.6 Å². The van der Waals surface area contributed by atoms with Crippen LogP contribution in [0.4, 0.5) is 4.39 Å². The van der Waals surface area contributed by atoms with Gasteiger partial charge in [-0.15, -0.1) is 0 Å². The smallest absolute Gasteiger partial charge is 0.123 e. The summed E-state index contributed by atoms with van der Waals surface area (Å²) in [6.45, 7) is 6.03. The van der Waals surface area contributed by atoms with Gasteiger partial charge in [-0.1, -0.05) is 11.8 Å². The predicted molar refractivity (Wildman–Crippen MR) is 79.2 cm³/mol. The summed E-state index contributed by atoms with van der Waals surface area (Å²) in [6, 6.07) is 13.8. The van der Waals surface area contributed by atoms with Crippen LogP contribution in [-0.4, -0.2) is 5.60 Å². The van der Waals surface area contributed by atoms with Crippen LogP contribution < -0.4 is 4.74 Å². The zero-order valence-electron chi connectivity index (χ0n) is 11.9. The van der Waals surface area contributed by atoms with Gasteiger partial charge in [0.25, 0.3) is 0 Å². The van der Waals surface area contributed by atoms with Crippen molar-refractivity contribution in [2.75, 3.05) is 0 Å². The minimum atomic E-state index is -0.251. The highest BCUT2D eigenvalue weighted by Crippen LogP contribution is 2.18. The van der Waals surface area contributed by atoms with Crippen LogP contribution in [0, 0.1) is 17.7 Å². The lowest BCUT2D eigenvalue weighted by Crippen LogP contribution is -2.22. The van der Waals surface area contributed by atoms with E-state index < -0.39 is 0 Å². The minimum Gasteiger partial charge on any atom is -0.488 e. The zero-order valence-corrected chi connectivity index (χ0v) is 11.9. The molecule has 20 heavy (non-hydrogen) atoms. The van der Waals surface area contributed by atoms with Gasteiger partial charge in [0.1, 0.15) is 17.2 Å². The van der Waals surface area contributed by atoms with Crippen molar-refractivity contribution in [1.29, 1.82) is 0 Å². The van der Waals surface area contributed by atoms with Crippen molar-refractivity contribution in [2.24, 2.45) is 0 Å². The molecule has 102 valence electrons. The number of halogens is 1. The normalized spacial score (nSPS) is 10.6. The molecule has 0 aliphatic rings. The molecule has 0 amide bonds. The van der Waals surface area contributed by atoms with Crippen molar-refractivity contribution < 1.29 is 9.13 Å². The minimum absolute atomic E-state index is 0.207. The molecule has 0 N–H and O–H groups in total. The van der Waals surface area contributed by atoms with Crippen LogP contribution in [0.25, 0.3) is 0 Å². The summed E-state index contributed by atoms with van der Waals surface area (Å²) in [5.41, 5.74) is 1.48. The Labute approximate surface area is 119 Å². The molecule has 2 aromatic rings. The van der Waals surface area contributed by atoms with Crippen LogP contribution in [-0.2, 0) is 0 Å². The van der Waals surface area contributed by atoms with Crippen LogP contribution in [0.3, 0.4) is 0 Å². The molecule has 0 heterocycles. The van der Waals surface area contributed by atoms with Gasteiger partial charge in [0.2, 0.25) is 0 Å². The van der Waals surface area contributed by atoms with Crippen molar-refractivity contribution >= 4 is 0 Å². The average molecular weight is 268 g/mol. The first-order valence-electron chi connectivity index (χ1n) is 6.49. The maximum atomic E-state index is 12.8. The van der Waals surface area contributed by atoms with E-state index >= 15 is 0 Å². The highest BCUT2D eigenvalue weighted by atomic mass is 19.1. The maximum absolute atomic E-state index is 12.8. The molecule has 2 heteroatoms. The second-order valence-electron chi connectivity index (χ2n) is 5.50. The summed E-state index contributed by atoms with van der Waals surface area (Å²) < 4.78 is 18.5. The Hall–Kier alpha value is -2.27. The lowest BCUT2D eigenvalue weighted by molar-refractivity contribution is 0.131. The fourth-order valence-corrected chi connectivity index (χ4v) is 1.64. The third-order valence-corrected chi connectivity index (χ3v) is 2.47. The van der Waals surface area contributed by atoms with Crippen LogP contribution in [0.15, 0.2) is 48.5 Å². The van der Waals surface area contributed by atoms with Gasteiger partial charge in [0.15, 0.2) is 0 Å². The van der Waals surface area contributed by atoms with Gasteiger partial charge in [-0.3, -0.25) is 0 Å². The van der Waals surface area contributed by atoms with E-state index in [0.717, 1.165) is 16.9 Å². The number of hydrogen-bond acceptors (Lipinski definition) is 1. The first kappa shape index (κ1) is 14.1. The molecule has 0 aromatic heterocycles. The predicted octanol–water partition coefficient (Wildman–Crippen LogP) is 4.40. The van der Waals surface area contributed by atoms with Gasteiger partial charge >= 0.3 is 0 Å². The second-order valence-corrected chi connectivity index (χ2v) is 5.50. The van der Waals surface area contributed by atoms with E-state index in [4.69, 9.17) is 4.74 Å². The SMILES string of the molecule is CC(C)(C)Oc1ccc(C#Cc2ccc(F)cc2)cc1. The van der Waals surface area contributed by atoms with Crippen LogP contribution in [0.2, 0.25) is 0 Å². The Kier molecular flexibility index (Phi) is 4.10. The molecule has 0 bridgehead atoms. The van der Waals surface area contributed by atoms with Crippen LogP contribution in [0.5, 0.6) is 5.75 Å². The number of ether oxygens (including phenoxy) is 1. The number of rotatable bonds is 1. The largest absolute Gasteiger partial charge is 0.488 e. The van der Waals surface area contributed by atoms with Crippen LogP contribution in [0.1, 0.15) is 31.9 Å². The summed E-state index contributed by atoms with van der Waals surface area (Å²) in [7, 11) is 0. The van der Waals surface area contributed by atoms with E-state index in [-0.39, 0.29) is 11.4 Å². The lowest BCUT2D eigenvalue weighted by atomic mass is 10.1. The first-order valence-corrected chi connectivity index (χ1v) is 6.49. The van der Waals surface area contributed by atoms with Crippen molar-refractivity contribution in [1.82, 2.24) is 0 Å². The Morgan fingerprint density at radius 2 is 1.25 bits per heavy atom. The summed E-state index contributed by atoms with van der Waals surface area (Å²) in [5.74, 6) is 6.61. The molecular formula is C18H17FO. The molecule has 0 aliphatic carbocycles. The molecule has 0 aliphatic heterocycles. The lowest BCUT2D eigenvalue weighted by Gasteiger charge is -2.21. The summed E-state index contributed by atoms with van der Waals surface area (Å²) in [6.07, 6.45) is 0. The summed E-state index contributed by atoms with van der Waals surface area (Å²) >= 11 is 0. The molecule has 0 saturated carbocycles. The fourth-order valence-electron chi connectivity index (χ4n) is 1.64.